The van der Waals surface area contributed by atoms with Gasteiger partial charge in [-0.1, -0.05) is 18.2 Å². The minimum absolute atomic E-state index is 0.183. The number of nitrogens with two attached hydrogens (primary N) is 1. The first-order valence-corrected chi connectivity index (χ1v) is 5.05. The number of hydrogen-bond donors (Lipinski definition) is 1. The number of halogens is 1. The van der Waals surface area contributed by atoms with Crippen molar-refractivity contribution in [3.63, 3.8) is 0 Å². The third-order valence-corrected chi connectivity index (χ3v) is 2.57. The van der Waals surface area contributed by atoms with E-state index in [-0.39, 0.29) is 5.82 Å². The summed E-state index contributed by atoms with van der Waals surface area (Å²) in [7, 11) is 1.80. The highest BCUT2D eigenvalue weighted by atomic mass is 19.1. The molecule has 0 atom stereocenters. The van der Waals surface area contributed by atoms with Gasteiger partial charge in [-0.3, -0.25) is 0 Å². The smallest absolute Gasteiger partial charge is 0.221 e. The molecular formula is C11H13FN4. The largest absolute Gasteiger partial charge is 0.368 e. The summed E-state index contributed by atoms with van der Waals surface area (Å²) in [5.41, 5.74) is 6.24. The first-order valence-electron chi connectivity index (χ1n) is 5.05. The van der Waals surface area contributed by atoms with Crippen LogP contribution in [0.1, 0.15) is 11.4 Å². The van der Waals surface area contributed by atoms with E-state index in [0.717, 1.165) is 5.82 Å². The molecule has 1 aromatic heterocycles. The van der Waals surface area contributed by atoms with Gasteiger partial charge in [0.1, 0.15) is 11.6 Å². The van der Waals surface area contributed by atoms with Gasteiger partial charge in [0, 0.05) is 13.5 Å². The second kappa shape index (κ2) is 4.30. The molecule has 0 fully saturated rings. The lowest BCUT2D eigenvalue weighted by Gasteiger charge is -2.03. The Hall–Kier alpha value is -1.91. The van der Waals surface area contributed by atoms with Crippen molar-refractivity contribution in [3.05, 3.63) is 41.5 Å². The average Bonchev–Trinajstić information content (AvgIpc) is 2.59. The molecule has 0 aliphatic carbocycles. The maximum Gasteiger partial charge on any atom is 0.221 e. The Bertz CT molecular complexity index is 492. The van der Waals surface area contributed by atoms with Gasteiger partial charge in [0.15, 0.2) is 0 Å². The number of nitrogen functional groups attached to an aromatic ring is 1. The highest BCUT2D eigenvalue weighted by Crippen LogP contribution is 2.10. The predicted octanol–water partition coefficient (Wildman–Crippen LogP) is 1.32. The Kier molecular flexibility index (Phi) is 2.85. The van der Waals surface area contributed by atoms with E-state index >= 15 is 0 Å². The maximum atomic E-state index is 13.3. The SMILES string of the molecule is Cn1c(N)nnc1CCc1ccccc1F. The van der Waals surface area contributed by atoms with Crippen molar-refractivity contribution in [3.8, 4) is 0 Å². The van der Waals surface area contributed by atoms with Gasteiger partial charge in [0.05, 0.1) is 0 Å². The normalized spacial score (nSPS) is 10.6. The Balaban J connectivity index is 2.08. The van der Waals surface area contributed by atoms with E-state index in [1.54, 1.807) is 23.7 Å². The minimum atomic E-state index is -0.183. The highest BCUT2D eigenvalue weighted by molar-refractivity contribution is 5.20. The molecule has 2 aromatic rings. The zero-order chi connectivity index (χ0) is 11.5. The number of rotatable bonds is 3. The van der Waals surface area contributed by atoms with Crippen molar-refractivity contribution in [1.82, 2.24) is 14.8 Å². The lowest BCUT2D eigenvalue weighted by atomic mass is 10.1. The van der Waals surface area contributed by atoms with Crippen LogP contribution in [0.5, 0.6) is 0 Å². The van der Waals surface area contributed by atoms with Crippen LogP contribution in [-0.2, 0) is 19.9 Å². The summed E-state index contributed by atoms with van der Waals surface area (Å²) in [6.45, 7) is 0. The Labute approximate surface area is 92.9 Å². The summed E-state index contributed by atoms with van der Waals surface area (Å²) in [4.78, 5) is 0. The number of aryl methyl sites for hydroxylation is 2. The molecule has 84 valence electrons. The zero-order valence-corrected chi connectivity index (χ0v) is 9.02. The molecule has 1 heterocycles. The van der Waals surface area contributed by atoms with E-state index in [2.05, 4.69) is 10.2 Å². The Morgan fingerprint density at radius 3 is 2.62 bits per heavy atom. The maximum absolute atomic E-state index is 13.3. The molecule has 2 N–H and O–H groups in total. The molecule has 0 aliphatic heterocycles. The summed E-state index contributed by atoms with van der Waals surface area (Å²) in [6, 6.07) is 6.73. The van der Waals surface area contributed by atoms with Crippen LogP contribution >= 0.6 is 0 Å². The first-order chi connectivity index (χ1) is 7.68. The van der Waals surface area contributed by atoms with Crippen LogP contribution in [-0.4, -0.2) is 14.8 Å². The predicted molar refractivity (Wildman–Crippen MR) is 59.2 cm³/mol. The Morgan fingerprint density at radius 1 is 1.25 bits per heavy atom. The molecule has 2 rings (SSSR count). The Morgan fingerprint density at radius 2 is 2.00 bits per heavy atom. The van der Waals surface area contributed by atoms with E-state index in [0.29, 0.717) is 24.4 Å². The van der Waals surface area contributed by atoms with E-state index in [4.69, 9.17) is 5.73 Å². The molecule has 4 nitrogen and oxygen atoms in total. The van der Waals surface area contributed by atoms with Crippen LogP contribution in [0.25, 0.3) is 0 Å². The molecule has 0 amide bonds. The molecule has 0 bridgehead atoms. The van der Waals surface area contributed by atoms with Gasteiger partial charge in [-0.2, -0.15) is 0 Å². The van der Waals surface area contributed by atoms with Crippen molar-refractivity contribution in [2.24, 2.45) is 7.05 Å². The molecule has 0 unspecified atom stereocenters. The van der Waals surface area contributed by atoms with Crippen LogP contribution < -0.4 is 5.73 Å². The third kappa shape index (κ3) is 2.03. The summed E-state index contributed by atoms with van der Waals surface area (Å²) in [6.07, 6.45) is 1.22. The highest BCUT2D eigenvalue weighted by Gasteiger charge is 2.07. The second-order valence-electron chi connectivity index (χ2n) is 3.62. The van der Waals surface area contributed by atoms with Gasteiger partial charge >= 0.3 is 0 Å². The van der Waals surface area contributed by atoms with Crippen molar-refractivity contribution in [1.29, 1.82) is 0 Å². The van der Waals surface area contributed by atoms with Crippen LogP contribution in [0.4, 0.5) is 10.3 Å². The van der Waals surface area contributed by atoms with Gasteiger partial charge in [-0.25, -0.2) is 4.39 Å². The van der Waals surface area contributed by atoms with E-state index in [9.17, 15) is 4.39 Å². The molecular weight excluding hydrogens is 207 g/mol. The van der Waals surface area contributed by atoms with E-state index in [1.165, 1.54) is 6.07 Å². The summed E-state index contributed by atoms with van der Waals surface area (Å²) >= 11 is 0. The van der Waals surface area contributed by atoms with Gasteiger partial charge < -0.3 is 10.3 Å². The van der Waals surface area contributed by atoms with Gasteiger partial charge in [-0.15, -0.1) is 10.2 Å². The number of anilines is 1. The molecule has 0 radical (unpaired) electrons. The second-order valence-corrected chi connectivity index (χ2v) is 3.62. The molecule has 16 heavy (non-hydrogen) atoms. The van der Waals surface area contributed by atoms with Crippen molar-refractivity contribution < 1.29 is 4.39 Å². The topological polar surface area (TPSA) is 56.7 Å². The van der Waals surface area contributed by atoms with E-state index < -0.39 is 0 Å². The molecule has 0 spiro atoms. The van der Waals surface area contributed by atoms with Gasteiger partial charge in [0.2, 0.25) is 5.95 Å². The van der Waals surface area contributed by atoms with Gasteiger partial charge in [-0.05, 0) is 18.1 Å². The quantitative estimate of drug-likeness (QED) is 0.848. The van der Waals surface area contributed by atoms with Crippen LogP contribution in [0.3, 0.4) is 0 Å². The van der Waals surface area contributed by atoms with E-state index in [1.807, 2.05) is 6.07 Å². The number of nitrogens with zero attached hydrogens (tertiary/aromatic N) is 3. The number of aromatic nitrogens is 3. The van der Waals surface area contributed by atoms with Crippen LogP contribution in [0.2, 0.25) is 0 Å². The molecule has 0 saturated heterocycles. The molecule has 0 saturated carbocycles. The number of hydrogen-bond acceptors (Lipinski definition) is 3. The summed E-state index contributed by atoms with van der Waals surface area (Å²) < 4.78 is 15.0. The summed E-state index contributed by atoms with van der Waals surface area (Å²) in [5.74, 6) is 0.960. The third-order valence-electron chi connectivity index (χ3n) is 2.57. The fraction of sp³-hybridized carbons (Fsp3) is 0.273. The van der Waals surface area contributed by atoms with Crippen molar-refractivity contribution in [2.45, 2.75) is 12.8 Å². The molecule has 1 aromatic carbocycles. The molecule has 0 aliphatic rings. The summed E-state index contributed by atoms with van der Waals surface area (Å²) in [5, 5.41) is 7.67. The minimum Gasteiger partial charge on any atom is -0.368 e. The fourth-order valence-corrected chi connectivity index (χ4v) is 1.54. The lowest BCUT2D eigenvalue weighted by molar-refractivity contribution is 0.605. The van der Waals surface area contributed by atoms with Crippen LogP contribution in [0, 0.1) is 5.82 Å². The molecule has 5 heteroatoms. The standard InChI is InChI=1S/C11H13FN4/c1-16-10(14-15-11(16)13)7-6-8-4-2-3-5-9(8)12/h2-5H,6-7H2,1H3,(H2,13,15). The van der Waals surface area contributed by atoms with Crippen molar-refractivity contribution >= 4 is 5.95 Å². The average molecular weight is 220 g/mol. The van der Waals surface area contributed by atoms with Crippen molar-refractivity contribution in [2.75, 3.05) is 5.73 Å². The zero-order valence-electron chi connectivity index (χ0n) is 9.02. The lowest BCUT2D eigenvalue weighted by Crippen LogP contribution is -2.04. The number of benzene rings is 1. The fourth-order valence-electron chi connectivity index (χ4n) is 1.54. The monoisotopic (exact) mass is 220 g/mol. The first kappa shape index (κ1) is 10.6. The van der Waals surface area contributed by atoms with Gasteiger partial charge in [0.25, 0.3) is 0 Å². The van der Waals surface area contributed by atoms with Crippen LogP contribution in [0.15, 0.2) is 24.3 Å².